The Morgan fingerprint density at radius 2 is 1.88 bits per heavy atom. The van der Waals surface area contributed by atoms with E-state index in [1.807, 2.05) is 30.0 Å². The van der Waals surface area contributed by atoms with Crippen LogP contribution in [0.4, 0.5) is 19.1 Å². The lowest BCUT2D eigenvalue weighted by Crippen LogP contribution is -2.40. The summed E-state index contributed by atoms with van der Waals surface area (Å²) in [5, 5.41) is 0. The largest absolute Gasteiger partial charge is 0.433 e. The van der Waals surface area contributed by atoms with Crippen molar-refractivity contribution >= 4 is 5.95 Å². The van der Waals surface area contributed by atoms with Crippen LogP contribution in [0.2, 0.25) is 0 Å². The lowest BCUT2D eigenvalue weighted by atomic mass is 10.2. The average Bonchev–Trinajstić information content (AvgIpc) is 2.76. The number of nitrogens with zero attached hydrogens (tertiary/aromatic N) is 4. The van der Waals surface area contributed by atoms with Crippen molar-refractivity contribution in [2.45, 2.75) is 32.1 Å². The number of anilines is 1. The molecule has 2 aromatic rings. The summed E-state index contributed by atoms with van der Waals surface area (Å²) in [6.45, 7) is 5.15. The second-order valence-electron chi connectivity index (χ2n) is 6.36. The summed E-state index contributed by atoms with van der Waals surface area (Å²) in [6, 6.07) is 11.1. The fourth-order valence-corrected chi connectivity index (χ4v) is 3.18. The molecule has 1 aromatic heterocycles. The first-order valence-corrected chi connectivity index (χ1v) is 8.36. The predicted molar refractivity (Wildman–Crippen MR) is 90.2 cm³/mol. The smallest absolute Gasteiger partial charge is 0.337 e. The lowest BCUT2D eigenvalue weighted by Gasteiger charge is -2.29. The maximum Gasteiger partial charge on any atom is 0.433 e. The molecule has 25 heavy (non-hydrogen) atoms. The van der Waals surface area contributed by atoms with Crippen LogP contribution in [0.15, 0.2) is 42.6 Å². The van der Waals surface area contributed by atoms with Crippen LogP contribution in [0.3, 0.4) is 0 Å². The first-order valence-electron chi connectivity index (χ1n) is 8.36. The molecule has 134 valence electrons. The highest BCUT2D eigenvalue weighted by molar-refractivity contribution is 5.33. The van der Waals surface area contributed by atoms with Crippen molar-refractivity contribution in [2.24, 2.45) is 0 Å². The molecular formula is C18H21F3N4. The van der Waals surface area contributed by atoms with Crippen molar-refractivity contribution in [3.8, 4) is 0 Å². The van der Waals surface area contributed by atoms with E-state index in [0.29, 0.717) is 6.54 Å². The fourth-order valence-electron chi connectivity index (χ4n) is 3.18. The predicted octanol–water partition coefficient (Wildman–Crippen LogP) is 3.60. The Morgan fingerprint density at radius 1 is 1.12 bits per heavy atom. The lowest BCUT2D eigenvalue weighted by molar-refractivity contribution is -0.141. The number of benzene rings is 1. The molecule has 0 radical (unpaired) electrons. The molecule has 4 nitrogen and oxygen atoms in total. The zero-order valence-electron chi connectivity index (χ0n) is 14.1. The summed E-state index contributed by atoms with van der Waals surface area (Å²) in [5.41, 5.74) is 0.341. The Labute approximate surface area is 145 Å². The molecule has 1 saturated heterocycles. The number of rotatable bonds is 3. The summed E-state index contributed by atoms with van der Waals surface area (Å²) in [6.07, 6.45) is -2.41. The molecule has 3 rings (SSSR count). The standard InChI is InChI=1S/C18H21F3N4/c1-14-12-24(13-15-6-3-2-4-7-15)10-5-11-25(14)17-22-9-8-16(23-17)18(19,20)21/h2-4,6-9,14H,5,10-13H2,1H3. The first-order chi connectivity index (χ1) is 11.9. The molecule has 0 saturated carbocycles. The third kappa shape index (κ3) is 4.48. The van der Waals surface area contributed by atoms with Gasteiger partial charge in [-0.05, 0) is 25.0 Å². The molecule has 2 heterocycles. The summed E-state index contributed by atoms with van der Waals surface area (Å²) < 4.78 is 38.7. The molecule has 0 bridgehead atoms. The number of alkyl halides is 3. The highest BCUT2D eigenvalue weighted by Gasteiger charge is 2.34. The Bertz CT molecular complexity index is 690. The van der Waals surface area contributed by atoms with Crippen LogP contribution in [-0.4, -0.2) is 40.5 Å². The topological polar surface area (TPSA) is 32.3 Å². The highest BCUT2D eigenvalue weighted by atomic mass is 19.4. The van der Waals surface area contributed by atoms with Gasteiger partial charge in [-0.25, -0.2) is 9.97 Å². The minimum absolute atomic E-state index is 0.0368. The van der Waals surface area contributed by atoms with E-state index in [2.05, 4.69) is 27.0 Å². The fraction of sp³-hybridized carbons (Fsp3) is 0.444. The van der Waals surface area contributed by atoms with Gasteiger partial charge in [0.15, 0.2) is 0 Å². The molecule has 1 atom stereocenters. The van der Waals surface area contributed by atoms with Crippen LogP contribution in [0, 0.1) is 0 Å². The van der Waals surface area contributed by atoms with Crippen LogP contribution < -0.4 is 4.90 Å². The van der Waals surface area contributed by atoms with E-state index in [9.17, 15) is 13.2 Å². The molecule has 7 heteroatoms. The number of hydrogen-bond acceptors (Lipinski definition) is 4. The molecule has 0 amide bonds. The Balaban J connectivity index is 1.72. The van der Waals surface area contributed by atoms with Crippen LogP contribution in [0.5, 0.6) is 0 Å². The Hall–Kier alpha value is -2.15. The molecule has 0 aliphatic carbocycles. The van der Waals surface area contributed by atoms with Crippen LogP contribution in [0.1, 0.15) is 24.6 Å². The number of aromatic nitrogens is 2. The van der Waals surface area contributed by atoms with Gasteiger partial charge in [-0.1, -0.05) is 30.3 Å². The van der Waals surface area contributed by atoms with Crippen molar-refractivity contribution in [2.75, 3.05) is 24.5 Å². The highest BCUT2D eigenvalue weighted by Crippen LogP contribution is 2.28. The zero-order chi connectivity index (χ0) is 17.9. The van der Waals surface area contributed by atoms with Crippen LogP contribution in [0.25, 0.3) is 0 Å². The molecule has 1 fully saturated rings. The van der Waals surface area contributed by atoms with E-state index in [4.69, 9.17) is 0 Å². The normalized spacial score (nSPS) is 19.7. The van der Waals surface area contributed by atoms with Gasteiger partial charge in [0.25, 0.3) is 0 Å². The van der Waals surface area contributed by atoms with Gasteiger partial charge in [0.1, 0.15) is 5.69 Å². The monoisotopic (exact) mass is 350 g/mol. The van der Waals surface area contributed by atoms with Crippen molar-refractivity contribution < 1.29 is 13.2 Å². The zero-order valence-corrected chi connectivity index (χ0v) is 14.1. The van der Waals surface area contributed by atoms with Gasteiger partial charge < -0.3 is 4.90 Å². The summed E-state index contributed by atoms with van der Waals surface area (Å²) >= 11 is 0. The van der Waals surface area contributed by atoms with Crippen molar-refractivity contribution in [3.63, 3.8) is 0 Å². The van der Waals surface area contributed by atoms with E-state index in [1.54, 1.807) is 0 Å². The van der Waals surface area contributed by atoms with E-state index in [-0.39, 0.29) is 12.0 Å². The quantitative estimate of drug-likeness (QED) is 0.847. The van der Waals surface area contributed by atoms with Gasteiger partial charge in [-0.2, -0.15) is 13.2 Å². The maximum atomic E-state index is 12.9. The molecule has 1 aliphatic heterocycles. The molecule has 0 spiro atoms. The number of halogens is 3. The van der Waals surface area contributed by atoms with E-state index in [0.717, 1.165) is 32.1 Å². The average molecular weight is 350 g/mol. The number of hydrogen-bond donors (Lipinski definition) is 0. The van der Waals surface area contributed by atoms with E-state index >= 15 is 0 Å². The van der Waals surface area contributed by atoms with Gasteiger partial charge in [-0.15, -0.1) is 0 Å². The summed E-state index contributed by atoms with van der Waals surface area (Å²) in [7, 11) is 0. The minimum Gasteiger partial charge on any atom is -0.337 e. The van der Waals surface area contributed by atoms with E-state index < -0.39 is 11.9 Å². The second-order valence-corrected chi connectivity index (χ2v) is 6.36. The minimum atomic E-state index is -4.45. The van der Waals surface area contributed by atoms with Gasteiger partial charge in [0.2, 0.25) is 5.95 Å². The van der Waals surface area contributed by atoms with Gasteiger partial charge >= 0.3 is 6.18 Å². The third-order valence-electron chi connectivity index (χ3n) is 4.37. The van der Waals surface area contributed by atoms with Gasteiger partial charge in [-0.3, -0.25) is 4.90 Å². The third-order valence-corrected chi connectivity index (χ3v) is 4.37. The summed E-state index contributed by atoms with van der Waals surface area (Å²) in [5.74, 6) is 0.156. The van der Waals surface area contributed by atoms with Crippen LogP contribution in [-0.2, 0) is 12.7 Å². The molecule has 1 unspecified atom stereocenters. The van der Waals surface area contributed by atoms with Crippen molar-refractivity contribution in [1.29, 1.82) is 0 Å². The molecule has 1 aromatic carbocycles. The SMILES string of the molecule is CC1CN(Cc2ccccc2)CCCN1c1nccc(C(F)(F)F)n1. The van der Waals surface area contributed by atoms with Crippen molar-refractivity contribution in [3.05, 3.63) is 53.9 Å². The summed E-state index contributed by atoms with van der Waals surface area (Å²) in [4.78, 5) is 12.0. The Morgan fingerprint density at radius 3 is 2.60 bits per heavy atom. The molecule has 0 N–H and O–H groups in total. The van der Waals surface area contributed by atoms with Gasteiger partial charge in [0.05, 0.1) is 0 Å². The second kappa shape index (κ2) is 7.39. The maximum absolute atomic E-state index is 12.9. The van der Waals surface area contributed by atoms with E-state index in [1.165, 1.54) is 11.8 Å². The molecule has 1 aliphatic rings. The van der Waals surface area contributed by atoms with Crippen LogP contribution >= 0.6 is 0 Å². The van der Waals surface area contributed by atoms with Gasteiger partial charge in [0, 0.05) is 38.4 Å². The molecular weight excluding hydrogens is 329 g/mol. The Kier molecular flexibility index (Phi) is 5.22. The first kappa shape index (κ1) is 17.7. The van der Waals surface area contributed by atoms with Crippen molar-refractivity contribution in [1.82, 2.24) is 14.9 Å².